The number of hydrogen-bond acceptors (Lipinski definition) is 4. The fourth-order valence-electron chi connectivity index (χ4n) is 2.40. The van der Waals surface area contributed by atoms with Gasteiger partial charge in [-0.15, -0.1) is 0 Å². The highest BCUT2D eigenvalue weighted by atomic mass is 16.5. The molecule has 0 radical (unpaired) electrons. The highest BCUT2D eigenvalue weighted by molar-refractivity contribution is 6.00. The summed E-state index contributed by atoms with van der Waals surface area (Å²) < 4.78 is 5.45. The van der Waals surface area contributed by atoms with Crippen LogP contribution < -0.4 is 10.1 Å². The van der Waals surface area contributed by atoms with Crippen LogP contribution in [0.4, 0.5) is 0 Å². The molecule has 3 rings (SSSR count). The smallest absolute Gasteiger partial charge is 0.258 e. The zero-order valence-electron chi connectivity index (χ0n) is 12.0. The molecule has 0 fully saturated rings. The lowest BCUT2D eigenvalue weighted by atomic mass is 10.1. The first-order chi connectivity index (χ1) is 10.7. The van der Waals surface area contributed by atoms with Crippen molar-refractivity contribution in [3.8, 4) is 5.75 Å². The summed E-state index contributed by atoms with van der Waals surface area (Å²) in [4.78, 5) is 27.6. The zero-order valence-corrected chi connectivity index (χ0v) is 12.0. The summed E-state index contributed by atoms with van der Waals surface area (Å²) in [5, 5.41) is 2.74. The summed E-state index contributed by atoms with van der Waals surface area (Å²) in [6, 6.07) is 10.9. The van der Waals surface area contributed by atoms with E-state index in [1.807, 2.05) is 24.3 Å². The molecule has 1 aliphatic rings. The Labute approximate surface area is 128 Å². The molecule has 1 N–H and O–H groups in total. The number of carbonyl (C=O) groups excluding carboxylic acids is 2. The van der Waals surface area contributed by atoms with Crippen LogP contribution in [0.2, 0.25) is 0 Å². The minimum Gasteiger partial charge on any atom is -0.484 e. The molecule has 5 heteroatoms. The van der Waals surface area contributed by atoms with Crippen molar-refractivity contribution in [1.29, 1.82) is 0 Å². The number of Topliss-reactive ketones (excluding diaryl/α,β-unsaturated/α-hetero) is 1. The molecule has 2 aromatic rings. The molecule has 1 aliphatic carbocycles. The van der Waals surface area contributed by atoms with Gasteiger partial charge in [-0.25, -0.2) is 0 Å². The molecule has 112 valence electrons. The highest BCUT2D eigenvalue weighted by Crippen LogP contribution is 2.25. The van der Waals surface area contributed by atoms with Crippen molar-refractivity contribution in [2.45, 2.75) is 19.4 Å². The summed E-state index contributed by atoms with van der Waals surface area (Å²) in [6.45, 7) is 0.283. The van der Waals surface area contributed by atoms with Crippen LogP contribution in [-0.4, -0.2) is 23.3 Å². The number of nitrogens with zero attached hydrogens (tertiary/aromatic N) is 1. The molecule has 1 amide bonds. The number of fused-ring (bicyclic) bond motifs is 1. The lowest BCUT2D eigenvalue weighted by Crippen LogP contribution is -2.28. The third-order valence-corrected chi connectivity index (χ3v) is 3.57. The molecular weight excluding hydrogens is 280 g/mol. The summed E-state index contributed by atoms with van der Waals surface area (Å²) in [5.74, 6) is 0.458. The van der Waals surface area contributed by atoms with Gasteiger partial charge in [0.25, 0.3) is 5.91 Å². The third-order valence-electron chi connectivity index (χ3n) is 3.57. The minimum atomic E-state index is -0.225. The van der Waals surface area contributed by atoms with Gasteiger partial charge in [0, 0.05) is 18.2 Å². The lowest BCUT2D eigenvalue weighted by Gasteiger charge is -2.08. The Morgan fingerprint density at radius 2 is 2.14 bits per heavy atom. The van der Waals surface area contributed by atoms with E-state index in [4.69, 9.17) is 4.74 Å². The van der Waals surface area contributed by atoms with E-state index in [1.165, 1.54) is 0 Å². The second-order valence-corrected chi connectivity index (χ2v) is 5.13. The van der Waals surface area contributed by atoms with Gasteiger partial charge in [-0.3, -0.25) is 14.6 Å². The number of aromatic nitrogens is 1. The van der Waals surface area contributed by atoms with Crippen molar-refractivity contribution in [2.24, 2.45) is 0 Å². The summed E-state index contributed by atoms with van der Waals surface area (Å²) in [5.41, 5.74) is 2.56. The Bertz CT molecular complexity index is 698. The predicted octanol–water partition coefficient (Wildman–Crippen LogP) is 1.91. The Morgan fingerprint density at radius 3 is 2.95 bits per heavy atom. The average molecular weight is 296 g/mol. The molecule has 1 aromatic carbocycles. The Balaban J connectivity index is 1.51. The van der Waals surface area contributed by atoms with Gasteiger partial charge in [-0.2, -0.15) is 0 Å². The predicted molar refractivity (Wildman–Crippen MR) is 80.7 cm³/mol. The van der Waals surface area contributed by atoms with E-state index < -0.39 is 0 Å². The number of aryl methyl sites for hydroxylation is 1. The lowest BCUT2D eigenvalue weighted by molar-refractivity contribution is -0.123. The van der Waals surface area contributed by atoms with Crippen molar-refractivity contribution in [3.63, 3.8) is 0 Å². The number of benzene rings is 1. The van der Waals surface area contributed by atoms with E-state index in [0.29, 0.717) is 24.3 Å². The fourth-order valence-corrected chi connectivity index (χ4v) is 2.40. The van der Waals surface area contributed by atoms with Crippen molar-refractivity contribution in [3.05, 3.63) is 59.4 Å². The maximum absolute atomic E-state index is 11.8. The van der Waals surface area contributed by atoms with Crippen LogP contribution in [0.1, 0.15) is 28.0 Å². The zero-order chi connectivity index (χ0) is 15.4. The van der Waals surface area contributed by atoms with Crippen LogP contribution in [0, 0.1) is 0 Å². The highest BCUT2D eigenvalue weighted by Gasteiger charge is 2.19. The minimum absolute atomic E-state index is 0.0835. The van der Waals surface area contributed by atoms with E-state index in [-0.39, 0.29) is 18.3 Å². The van der Waals surface area contributed by atoms with Crippen LogP contribution in [0.25, 0.3) is 0 Å². The van der Waals surface area contributed by atoms with Gasteiger partial charge >= 0.3 is 0 Å². The van der Waals surface area contributed by atoms with Crippen LogP contribution >= 0.6 is 0 Å². The number of nitrogens with one attached hydrogen (secondary N) is 1. The summed E-state index contributed by atoms with van der Waals surface area (Å²) in [6.07, 6.45) is 3.03. The fraction of sp³-hybridized carbons (Fsp3) is 0.235. The quantitative estimate of drug-likeness (QED) is 0.915. The number of pyridine rings is 1. The average Bonchev–Trinajstić information content (AvgIpc) is 2.93. The van der Waals surface area contributed by atoms with Gasteiger partial charge in [-0.1, -0.05) is 12.1 Å². The summed E-state index contributed by atoms with van der Waals surface area (Å²) >= 11 is 0. The molecule has 0 aliphatic heterocycles. The Kier molecular flexibility index (Phi) is 4.14. The number of ketones is 1. The van der Waals surface area contributed by atoms with E-state index >= 15 is 0 Å². The van der Waals surface area contributed by atoms with Gasteiger partial charge < -0.3 is 10.1 Å². The number of hydrogen-bond donors (Lipinski definition) is 1. The molecule has 5 nitrogen and oxygen atoms in total. The molecule has 22 heavy (non-hydrogen) atoms. The first-order valence-electron chi connectivity index (χ1n) is 7.18. The number of carbonyl (C=O) groups is 2. The molecule has 0 bridgehead atoms. The maximum atomic E-state index is 11.8. The number of ether oxygens (including phenoxy) is 1. The first-order valence-corrected chi connectivity index (χ1v) is 7.18. The molecule has 1 heterocycles. The second-order valence-electron chi connectivity index (χ2n) is 5.13. The molecular formula is C17H16N2O3. The number of rotatable bonds is 5. The topological polar surface area (TPSA) is 68.3 Å². The van der Waals surface area contributed by atoms with Gasteiger partial charge in [0.15, 0.2) is 12.4 Å². The van der Waals surface area contributed by atoms with Gasteiger partial charge in [0.1, 0.15) is 5.75 Å². The van der Waals surface area contributed by atoms with E-state index in [2.05, 4.69) is 10.3 Å². The van der Waals surface area contributed by atoms with Gasteiger partial charge in [0.2, 0.25) is 0 Å². The number of amides is 1. The van der Waals surface area contributed by atoms with E-state index in [0.717, 1.165) is 17.7 Å². The van der Waals surface area contributed by atoms with E-state index in [1.54, 1.807) is 18.3 Å². The molecule has 0 spiro atoms. The monoisotopic (exact) mass is 296 g/mol. The molecule has 1 aromatic heterocycles. The molecule has 0 saturated heterocycles. The van der Waals surface area contributed by atoms with Gasteiger partial charge in [0.05, 0.1) is 12.2 Å². The van der Waals surface area contributed by atoms with E-state index in [9.17, 15) is 9.59 Å². The first kappa shape index (κ1) is 14.3. The second kappa shape index (κ2) is 6.39. The van der Waals surface area contributed by atoms with Crippen molar-refractivity contribution in [1.82, 2.24) is 10.3 Å². The summed E-state index contributed by atoms with van der Waals surface area (Å²) in [7, 11) is 0. The maximum Gasteiger partial charge on any atom is 0.258 e. The van der Waals surface area contributed by atoms with Crippen LogP contribution in [0.5, 0.6) is 5.75 Å². The normalized spacial score (nSPS) is 12.8. The van der Waals surface area contributed by atoms with Gasteiger partial charge in [-0.05, 0) is 36.2 Å². The van der Waals surface area contributed by atoms with Crippen molar-refractivity contribution in [2.75, 3.05) is 6.61 Å². The molecule has 0 unspecified atom stereocenters. The largest absolute Gasteiger partial charge is 0.484 e. The molecule has 0 atom stereocenters. The van der Waals surface area contributed by atoms with Crippen molar-refractivity contribution >= 4 is 11.7 Å². The Hall–Kier alpha value is -2.69. The molecule has 0 saturated carbocycles. The standard InChI is InChI=1S/C17H16N2O3/c20-16-7-5-12-4-6-14(9-15(12)16)22-11-17(21)19-10-13-3-1-2-8-18-13/h1-4,6,8-9H,5,7,10-11H2,(H,19,21). The third kappa shape index (κ3) is 3.31. The SMILES string of the molecule is O=C(COc1ccc2c(c1)C(=O)CC2)NCc1ccccn1. The van der Waals surface area contributed by atoms with Crippen LogP contribution in [0.3, 0.4) is 0 Å². The van der Waals surface area contributed by atoms with Crippen LogP contribution in [-0.2, 0) is 17.8 Å². The van der Waals surface area contributed by atoms with Crippen LogP contribution in [0.15, 0.2) is 42.6 Å². The van der Waals surface area contributed by atoms with Crippen molar-refractivity contribution < 1.29 is 14.3 Å². The Morgan fingerprint density at radius 1 is 1.23 bits per heavy atom.